The molecule has 0 fully saturated rings. The third-order valence-electron chi connectivity index (χ3n) is 4.30. The number of nitrogens with one attached hydrogen (secondary N) is 2. The Bertz CT molecular complexity index is 1240. The topological polar surface area (TPSA) is 79.4 Å². The van der Waals surface area contributed by atoms with Gasteiger partial charge < -0.3 is 10.3 Å². The van der Waals surface area contributed by atoms with Crippen molar-refractivity contribution in [2.24, 2.45) is 0 Å². The van der Waals surface area contributed by atoms with Crippen LogP contribution in [0.5, 0.6) is 0 Å². The van der Waals surface area contributed by atoms with Crippen molar-refractivity contribution in [2.75, 3.05) is 5.32 Å². The number of aromatic amines is 1. The van der Waals surface area contributed by atoms with Crippen molar-refractivity contribution in [3.05, 3.63) is 60.9 Å². The predicted molar refractivity (Wildman–Crippen MR) is 99.0 cm³/mol. The van der Waals surface area contributed by atoms with Gasteiger partial charge in [-0.25, -0.2) is 4.98 Å². The molecular weight excluding hydrogens is 312 g/mol. The number of aromatic nitrogens is 5. The molecule has 0 unspecified atom stereocenters. The van der Waals surface area contributed by atoms with E-state index in [1.807, 2.05) is 43.6 Å². The standard InChI is InChI=1S/C19H14N6/c1-11-8-12(2-7-22-11)23-19-17-13-9-20-5-3-15(13)24-18(17)14-10-21-6-4-16(14)25-19/h2-10,24H,1H3,(H,22,23,25). The first-order valence-corrected chi connectivity index (χ1v) is 7.98. The second-order valence-electron chi connectivity index (χ2n) is 5.96. The maximum absolute atomic E-state index is 4.83. The Labute approximate surface area is 143 Å². The molecule has 25 heavy (non-hydrogen) atoms. The Kier molecular flexibility index (Phi) is 2.90. The van der Waals surface area contributed by atoms with Gasteiger partial charge >= 0.3 is 0 Å². The van der Waals surface area contributed by atoms with Crippen LogP contribution in [0.4, 0.5) is 11.5 Å². The van der Waals surface area contributed by atoms with Gasteiger partial charge in [-0.2, -0.15) is 0 Å². The highest BCUT2D eigenvalue weighted by Gasteiger charge is 2.14. The molecule has 0 aliphatic heterocycles. The van der Waals surface area contributed by atoms with Gasteiger partial charge in [-0.15, -0.1) is 0 Å². The van der Waals surface area contributed by atoms with E-state index in [1.54, 1.807) is 18.6 Å². The highest BCUT2D eigenvalue weighted by Crippen LogP contribution is 2.35. The van der Waals surface area contributed by atoms with Gasteiger partial charge in [0, 0.05) is 58.7 Å². The molecule has 0 aromatic carbocycles. The molecule has 0 atom stereocenters. The number of fused-ring (bicyclic) bond motifs is 5. The Balaban J connectivity index is 1.86. The average molecular weight is 326 g/mol. The molecule has 0 amide bonds. The summed E-state index contributed by atoms with van der Waals surface area (Å²) in [5.41, 5.74) is 4.82. The zero-order valence-corrected chi connectivity index (χ0v) is 13.5. The van der Waals surface area contributed by atoms with Crippen LogP contribution in [0.25, 0.3) is 32.7 Å². The minimum Gasteiger partial charge on any atom is -0.354 e. The van der Waals surface area contributed by atoms with Crippen LogP contribution < -0.4 is 5.32 Å². The van der Waals surface area contributed by atoms with Crippen molar-refractivity contribution >= 4 is 44.2 Å². The molecule has 0 radical (unpaired) electrons. The molecular formula is C19H14N6. The van der Waals surface area contributed by atoms with E-state index < -0.39 is 0 Å². The number of aryl methyl sites for hydroxylation is 1. The van der Waals surface area contributed by atoms with E-state index in [0.29, 0.717) is 0 Å². The van der Waals surface area contributed by atoms with E-state index in [1.165, 1.54) is 0 Å². The van der Waals surface area contributed by atoms with Crippen molar-refractivity contribution in [1.82, 2.24) is 24.9 Å². The molecule has 5 rings (SSSR count). The summed E-state index contributed by atoms with van der Waals surface area (Å²) in [5, 5.41) is 6.47. The van der Waals surface area contributed by atoms with Crippen molar-refractivity contribution in [3.8, 4) is 0 Å². The highest BCUT2D eigenvalue weighted by atomic mass is 15.0. The third-order valence-corrected chi connectivity index (χ3v) is 4.30. The molecule has 5 heterocycles. The zero-order valence-electron chi connectivity index (χ0n) is 13.5. The largest absolute Gasteiger partial charge is 0.354 e. The second-order valence-corrected chi connectivity index (χ2v) is 5.96. The van der Waals surface area contributed by atoms with E-state index in [9.17, 15) is 0 Å². The van der Waals surface area contributed by atoms with Gasteiger partial charge in [-0.05, 0) is 31.2 Å². The fraction of sp³-hybridized carbons (Fsp3) is 0.0526. The maximum atomic E-state index is 4.83. The van der Waals surface area contributed by atoms with Crippen LogP contribution in [0.3, 0.4) is 0 Å². The summed E-state index contributed by atoms with van der Waals surface area (Å²) in [5.74, 6) is 0.790. The first kappa shape index (κ1) is 13.9. The van der Waals surface area contributed by atoms with E-state index in [0.717, 1.165) is 49.9 Å². The van der Waals surface area contributed by atoms with E-state index >= 15 is 0 Å². The SMILES string of the molecule is Cc1cc(Nc2nc3ccncc3c3[nH]c4ccncc4c23)ccn1. The summed E-state index contributed by atoms with van der Waals surface area (Å²) in [6, 6.07) is 7.82. The van der Waals surface area contributed by atoms with Crippen LogP contribution in [-0.4, -0.2) is 24.9 Å². The lowest BCUT2D eigenvalue weighted by molar-refractivity contribution is 1.20. The number of hydrogen-bond acceptors (Lipinski definition) is 5. The summed E-state index contributed by atoms with van der Waals surface area (Å²) < 4.78 is 0. The molecule has 0 saturated carbocycles. The minimum atomic E-state index is 0.790. The lowest BCUT2D eigenvalue weighted by Gasteiger charge is -2.09. The normalized spacial score (nSPS) is 11.4. The molecule has 120 valence electrons. The van der Waals surface area contributed by atoms with Crippen LogP contribution >= 0.6 is 0 Å². The molecule has 5 aromatic rings. The van der Waals surface area contributed by atoms with Crippen molar-refractivity contribution < 1.29 is 0 Å². The lowest BCUT2D eigenvalue weighted by Crippen LogP contribution is -1.96. The van der Waals surface area contributed by atoms with Crippen LogP contribution in [0.2, 0.25) is 0 Å². The Morgan fingerprint density at radius 3 is 2.68 bits per heavy atom. The monoisotopic (exact) mass is 326 g/mol. The minimum absolute atomic E-state index is 0.790. The van der Waals surface area contributed by atoms with E-state index in [2.05, 4.69) is 25.3 Å². The number of hydrogen-bond donors (Lipinski definition) is 2. The Morgan fingerprint density at radius 1 is 0.960 bits per heavy atom. The second kappa shape index (κ2) is 5.24. The Hall–Kier alpha value is -3.54. The first-order valence-electron chi connectivity index (χ1n) is 7.98. The molecule has 2 N–H and O–H groups in total. The molecule has 0 spiro atoms. The fourth-order valence-electron chi connectivity index (χ4n) is 3.19. The smallest absolute Gasteiger partial charge is 0.141 e. The van der Waals surface area contributed by atoms with Gasteiger partial charge in [0.1, 0.15) is 5.82 Å². The Morgan fingerprint density at radius 2 is 1.80 bits per heavy atom. The molecule has 0 bridgehead atoms. The van der Waals surface area contributed by atoms with Gasteiger partial charge in [0.05, 0.1) is 16.4 Å². The summed E-state index contributed by atoms with van der Waals surface area (Å²) in [6.45, 7) is 1.97. The average Bonchev–Trinajstić information content (AvgIpc) is 3.02. The zero-order chi connectivity index (χ0) is 16.8. The summed E-state index contributed by atoms with van der Waals surface area (Å²) in [4.78, 5) is 21.1. The third kappa shape index (κ3) is 2.19. The molecule has 6 heteroatoms. The molecule has 0 aliphatic rings. The van der Waals surface area contributed by atoms with Gasteiger partial charge in [0.2, 0.25) is 0 Å². The van der Waals surface area contributed by atoms with Crippen molar-refractivity contribution in [3.63, 3.8) is 0 Å². The lowest BCUT2D eigenvalue weighted by atomic mass is 10.1. The van der Waals surface area contributed by atoms with E-state index in [4.69, 9.17) is 4.98 Å². The van der Waals surface area contributed by atoms with Crippen LogP contribution in [0, 0.1) is 6.92 Å². The number of pyridine rings is 4. The van der Waals surface area contributed by atoms with Gasteiger partial charge in [0.15, 0.2) is 0 Å². The summed E-state index contributed by atoms with van der Waals surface area (Å²) in [6.07, 6.45) is 9.03. The quantitative estimate of drug-likeness (QED) is 0.510. The predicted octanol–water partition coefficient (Wildman–Crippen LogP) is 4.11. The highest BCUT2D eigenvalue weighted by molar-refractivity contribution is 6.20. The number of nitrogens with zero attached hydrogens (tertiary/aromatic N) is 4. The summed E-state index contributed by atoms with van der Waals surface area (Å²) in [7, 11) is 0. The maximum Gasteiger partial charge on any atom is 0.141 e. The number of H-pyrrole nitrogens is 1. The van der Waals surface area contributed by atoms with Crippen LogP contribution in [0.15, 0.2) is 55.2 Å². The van der Waals surface area contributed by atoms with Crippen LogP contribution in [-0.2, 0) is 0 Å². The molecule has 0 saturated heterocycles. The summed E-state index contributed by atoms with van der Waals surface area (Å²) >= 11 is 0. The van der Waals surface area contributed by atoms with Crippen LogP contribution in [0.1, 0.15) is 5.69 Å². The van der Waals surface area contributed by atoms with Crippen molar-refractivity contribution in [2.45, 2.75) is 6.92 Å². The molecule has 0 aliphatic carbocycles. The fourth-order valence-corrected chi connectivity index (χ4v) is 3.19. The number of rotatable bonds is 2. The van der Waals surface area contributed by atoms with Gasteiger partial charge in [-0.3, -0.25) is 15.0 Å². The molecule has 5 aromatic heterocycles. The molecule has 6 nitrogen and oxygen atoms in total. The van der Waals surface area contributed by atoms with Gasteiger partial charge in [0.25, 0.3) is 0 Å². The van der Waals surface area contributed by atoms with E-state index in [-0.39, 0.29) is 0 Å². The number of anilines is 2. The van der Waals surface area contributed by atoms with Gasteiger partial charge in [-0.1, -0.05) is 0 Å². The van der Waals surface area contributed by atoms with Crippen molar-refractivity contribution in [1.29, 1.82) is 0 Å². The first-order chi connectivity index (χ1) is 12.3.